The molecule has 0 aliphatic carbocycles. The molecule has 36 heavy (non-hydrogen) atoms. The molecule has 4 heterocycles. The average molecular weight is 501 g/mol. The molecular weight excluding hydrogens is 472 g/mol. The Labute approximate surface area is 215 Å². The van der Waals surface area contributed by atoms with Gasteiger partial charge in [-0.25, -0.2) is 4.68 Å². The Morgan fingerprint density at radius 2 is 1.83 bits per heavy atom. The number of nitrogens with zero attached hydrogens (tertiary/aromatic N) is 6. The molecule has 10 heteroatoms. The Kier molecular flexibility index (Phi) is 6.51. The summed E-state index contributed by atoms with van der Waals surface area (Å²) >= 11 is 5.78. The van der Waals surface area contributed by atoms with Crippen molar-refractivity contribution in [1.82, 2.24) is 34.8 Å². The zero-order valence-electron chi connectivity index (χ0n) is 20.4. The van der Waals surface area contributed by atoms with Crippen LogP contribution in [0.2, 0.25) is 0 Å². The second-order valence-electron chi connectivity index (χ2n) is 8.91. The van der Waals surface area contributed by atoms with Crippen molar-refractivity contribution in [3.05, 3.63) is 95.6 Å². The zero-order valence-corrected chi connectivity index (χ0v) is 21.2. The number of para-hydroxylation sites is 1. The quantitative estimate of drug-likeness (QED) is 0.374. The summed E-state index contributed by atoms with van der Waals surface area (Å²) in [7, 11) is 0. The van der Waals surface area contributed by atoms with E-state index in [4.69, 9.17) is 12.2 Å². The lowest BCUT2D eigenvalue weighted by molar-refractivity contribution is -0.116. The van der Waals surface area contributed by atoms with Gasteiger partial charge in [-0.05, 0) is 62.8 Å². The number of anilines is 1. The summed E-state index contributed by atoms with van der Waals surface area (Å²) in [5, 5.41) is 15.0. The van der Waals surface area contributed by atoms with Gasteiger partial charge in [0.15, 0.2) is 5.11 Å². The van der Waals surface area contributed by atoms with Gasteiger partial charge >= 0.3 is 0 Å². The fourth-order valence-corrected chi connectivity index (χ4v) is 5.20. The minimum absolute atomic E-state index is 0.0536. The van der Waals surface area contributed by atoms with Crippen molar-refractivity contribution in [3.63, 3.8) is 0 Å². The molecule has 0 saturated carbocycles. The number of benzene rings is 1. The van der Waals surface area contributed by atoms with Crippen molar-refractivity contribution in [2.24, 2.45) is 0 Å². The molecule has 1 aromatic carbocycles. The van der Waals surface area contributed by atoms with Crippen LogP contribution in [0, 0.1) is 20.8 Å². The molecule has 0 unspecified atom stereocenters. The first-order valence-electron chi connectivity index (χ1n) is 11.8. The number of carbonyl (C=O) groups is 1. The van der Waals surface area contributed by atoms with Gasteiger partial charge in [0.25, 0.3) is 0 Å². The normalized spacial score (nSPS) is 17.3. The number of aromatic nitrogens is 5. The Bertz CT molecular complexity index is 1380. The van der Waals surface area contributed by atoms with Crippen LogP contribution in [0.5, 0.6) is 0 Å². The molecule has 0 bridgehead atoms. The summed E-state index contributed by atoms with van der Waals surface area (Å²) in [5.74, 6) is -0.0536. The van der Waals surface area contributed by atoms with Crippen LogP contribution < -0.4 is 10.6 Å². The first kappa shape index (κ1) is 23.7. The summed E-state index contributed by atoms with van der Waals surface area (Å²) in [6.07, 6.45) is 5.43. The highest BCUT2D eigenvalue weighted by molar-refractivity contribution is 7.80. The lowest BCUT2D eigenvalue weighted by atomic mass is 9.96. The number of hydrogen-bond acceptors (Lipinski definition) is 5. The Morgan fingerprint density at radius 3 is 2.56 bits per heavy atom. The van der Waals surface area contributed by atoms with Crippen molar-refractivity contribution in [2.75, 3.05) is 11.9 Å². The van der Waals surface area contributed by atoms with E-state index in [0.29, 0.717) is 18.1 Å². The van der Waals surface area contributed by atoms with Crippen LogP contribution >= 0.6 is 12.2 Å². The van der Waals surface area contributed by atoms with Crippen LogP contribution in [-0.2, 0) is 4.79 Å². The summed E-state index contributed by atoms with van der Waals surface area (Å²) in [5.41, 5.74) is 5.93. The monoisotopic (exact) mass is 500 g/mol. The van der Waals surface area contributed by atoms with Gasteiger partial charge in [0, 0.05) is 41.8 Å². The SMILES string of the molecule is Cc1ccccc1NC(=O)CCN1C(=S)N[C@@H](c2ccccn2)[C@H]1c1cc(C)n(-n2cnnc2)c1C. The summed E-state index contributed by atoms with van der Waals surface area (Å²) in [6, 6.07) is 15.5. The predicted octanol–water partition coefficient (Wildman–Crippen LogP) is 3.71. The van der Waals surface area contributed by atoms with Crippen LogP contribution in [-0.4, -0.2) is 47.0 Å². The maximum Gasteiger partial charge on any atom is 0.226 e. The van der Waals surface area contributed by atoms with E-state index in [-0.39, 0.29) is 18.0 Å². The van der Waals surface area contributed by atoms with Gasteiger partial charge in [-0.15, -0.1) is 10.2 Å². The number of pyridine rings is 1. The Hall–Kier alpha value is -4.05. The van der Waals surface area contributed by atoms with Crippen LogP contribution in [0.4, 0.5) is 5.69 Å². The maximum atomic E-state index is 12.9. The maximum absolute atomic E-state index is 12.9. The van der Waals surface area contributed by atoms with Crippen LogP contribution in [0.1, 0.15) is 46.7 Å². The van der Waals surface area contributed by atoms with E-state index < -0.39 is 0 Å². The molecule has 1 saturated heterocycles. The van der Waals surface area contributed by atoms with Crippen LogP contribution in [0.25, 0.3) is 0 Å². The van der Waals surface area contributed by atoms with E-state index in [0.717, 1.165) is 33.9 Å². The van der Waals surface area contributed by atoms with Crippen LogP contribution in [0.15, 0.2) is 67.4 Å². The molecule has 1 amide bonds. The fourth-order valence-electron chi connectivity index (χ4n) is 4.86. The van der Waals surface area contributed by atoms with E-state index in [1.165, 1.54) is 0 Å². The number of rotatable bonds is 7. The molecule has 2 atom stereocenters. The fraction of sp³-hybridized carbons (Fsp3) is 0.269. The Morgan fingerprint density at radius 1 is 1.08 bits per heavy atom. The van der Waals surface area contributed by atoms with Crippen molar-refractivity contribution < 1.29 is 4.79 Å². The molecular formula is C26H28N8OS. The molecule has 5 rings (SSSR count). The van der Waals surface area contributed by atoms with Crippen LogP contribution in [0.3, 0.4) is 0 Å². The Balaban J connectivity index is 1.46. The largest absolute Gasteiger partial charge is 0.352 e. The minimum atomic E-state index is -0.159. The molecule has 4 aromatic rings. The zero-order chi connectivity index (χ0) is 25.2. The van der Waals surface area contributed by atoms with E-state index in [2.05, 4.69) is 48.4 Å². The summed E-state index contributed by atoms with van der Waals surface area (Å²) < 4.78 is 3.92. The van der Waals surface area contributed by atoms with Gasteiger partial charge in [-0.3, -0.25) is 14.5 Å². The highest BCUT2D eigenvalue weighted by Crippen LogP contribution is 2.40. The lowest BCUT2D eigenvalue weighted by Crippen LogP contribution is -2.33. The topological polar surface area (TPSA) is 92.9 Å². The van der Waals surface area contributed by atoms with Gasteiger partial charge in [-0.1, -0.05) is 24.3 Å². The molecule has 1 aliphatic heterocycles. The van der Waals surface area contributed by atoms with Crippen molar-refractivity contribution >= 4 is 28.9 Å². The van der Waals surface area contributed by atoms with Crippen molar-refractivity contribution in [2.45, 2.75) is 39.3 Å². The second-order valence-corrected chi connectivity index (χ2v) is 9.30. The molecule has 1 fully saturated rings. The van der Waals surface area contributed by atoms with Gasteiger partial charge in [0.2, 0.25) is 5.91 Å². The highest BCUT2D eigenvalue weighted by atomic mass is 32.1. The molecule has 9 nitrogen and oxygen atoms in total. The van der Waals surface area contributed by atoms with E-state index >= 15 is 0 Å². The van der Waals surface area contributed by atoms with Crippen molar-refractivity contribution in [1.29, 1.82) is 0 Å². The highest BCUT2D eigenvalue weighted by Gasteiger charge is 2.41. The standard InChI is InChI=1S/C26H28N8OS/c1-17-8-4-5-9-21(17)30-23(35)11-13-33-25(24(31-26(33)36)22-10-6-7-12-27-22)20-14-18(2)34(19(20)3)32-15-28-29-16-32/h4-10,12,14-16,24-25H,11,13H2,1-3H3,(H,30,35)(H,31,36)/t24-,25+/m0/s1. The third-order valence-electron chi connectivity index (χ3n) is 6.59. The molecule has 2 N–H and O–H groups in total. The van der Waals surface area contributed by atoms with E-state index in [9.17, 15) is 4.79 Å². The molecule has 0 spiro atoms. The summed E-state index contributed by atoms with van der Waals surface area (Å²) in [4.78, 5) is 19.6. The third-order valence-corrected chi connectivity index (χ3v) is 6.94. The molecule has 0 radical (unpaired) electrons. The average Bonchev–Trinajstić information content (AvgIpc) is 3.58. The van der Waals surface area contributed by atoms with E-state index in [1.54, 1.807) is 18.9 Å². The summed E-state index contributed by atoms with van der Waals surface area (Å²) in [6.45, 7) is 6.57. The number of carbonyl (C=O) groups excluding carboxylic acids is 1. The van der Waals surface area contributed by atoms with Gasteiger partial charge in [-0.2, -0.15) is 0 Å². The van der Waals surface area contributed by atoms with Gasteiger partial charge in [0.1, 0.15) is 12.7 Å². The number of nitrogens with one attached hydrogen (secondary N) is 2. The smallest absolute Gasteiger partial charge is 0.226 e. The van der Waals surface area contributed by atoms with Gasteiger partial charge in [0.05, 0.1) is 17.8 Å². The van der Waals surface area contributed by atoms with Crippen molar-refractivity contribution in [3.8, 4) is 0 Å². The molecule has 184 valence electrons. The minimum Gasteiger partial charge on any atom is -0.352 e. The molecule has 3 aromatic heterocycles. The third kappa shape index (κ3) is 4.47. The molecule has 1 aliphatic rings. The number of aryl methyl sites for hydroxylation is 2. The number of amides is 1. The predicted molar refractivity (Wildman–Crippen MR) is 141 cm³/mol. The first-order chi connectivity index (χ1) is 17.4. The second kappa shape index (κ2) is 9.90. The number of hydrogen-bond donors (Lipinski definition) is 2. The first-order valence-corrected chi connectivity index (χ1v) is 12.2. The lowest BCUT2D eigenvalue weighted by Gasteiger charge is -2.28. The van der Waals surface area contributed by atoms with Gasteiger partial charge < -0.3 is 15.5 Å². The van der Waals surface area contributed by atoms with E-state index in [1.807, 2.05) is 61.0 Å². The number of thiocarbonyl (C=S) groups is 1.